The normalized spacial score (nSPS) is 17.5. The number of hydrogen-bond acceptors (Lipinski definition) is 7. The molecule has 1 saturated carbocycles. The number of aromatic nitrogens is 4. The molecule has 2 aliphatic carbocycles. The average Bonchev–Trinajstić information content (AvgIpc) is 2.92. The van der Waals surface area contributed by atoms with Crippen LogP contribution in [0.2, 0.25) is 0 Å². The molecule has 2 aliphatic rings. The number of nitrogens with zero attached hydrogens (tertiary/aromatic N) is 4. The summed E-state index contributed by atoms with van der Waals surface area (Å²) in [4.78, 5) is 11.4. The first-order valence-corrected chi connectivity index (χ1v) is 8.78. The molecule has 5 nitrogen and oxygen atoms in total. The molecule has 0 atom stereocenters. The molecule has 0 unspecified atom stereocenters. The van der Waals surface area contributed by atoms with Crippen LogP contribution >= 0.6 is 23.1 Å². The quantitative estimate of drug-likeness (QED) is 0.688. The Morgan fingerprint density at radius 1 is 1.19 bits per heavy atom. The summed E-state index contributed by atoms with van der Waals surface area (Å²) in [6.07, 6.45) is 7.52. The highest BCUT2D eigenvalue weighted by atomic mass is 32.2. The molecule has 0 radical (unpaired) electrons. The van der Waals surface area contributed by atoms with E-state index in [0.29, 0.717) is 11.1 Å². The predicted octanol–water partition coefficient (Wildman–Crippen LogP) is 3.59. The molecule has 0 saturated heterocycles. The van der Waals surface area contributed by atoms with Crippen molar-refractivity contribution >= 4 is 33.3 Å². The molecule has 21 heavy (non-hydrogen) atoms. The van der Waals surface area contributed by atoms with Crippen molar-refractivity contribution in [3.63, 3.8) is 0 Å². The lowest BCUT2D eigenvalue weighted by Crippen LogP contribution is -1.87. The van der Waals surface area contributed by atoms with Gasteiger partial charge in [-0.05, 0) is 49.4 Å². The van der Waals surface area contributed by atoms with E-state index in [1.165, 1.54) is 53.3 Å². The van der Waals surface area contributed by atoms with E-state index in [2.05, 4.69) is 20.2 Å². The second-order valence-corrected chi connectivity index (χ2v) is 7.52. The van der Waals surface area contributed by atoms with Gasteiger partial charge in [-0.15, -0.1) is 21.5 Å². The molecule has 5 rings (SSSR count). The Hall–Kier alpha value is -1.47. The summed E-state index contributed by atoms with van der Waals surface area (Å²) in [7, 11) is 0. The van der Waals surface area contributed by atoms with Crippen LogP contribution in [-0.4, -0.2) is 20.2 Å². The SMILES string of the molecule is c1nc(Sc2nnc(C3CC3)o2)c2c3c(sc2n1)CCC3. The van der Waals surface area contributed by atoms with Crippen LogP contribution in [-0.2, 0) is 12.8 Å². The number of rotatable bonds is 3. The van der Waals surface area contributed by atoms with Gasteiger partial charge in [-0.25, -0.2) is 9.97 Å². The topological polar surface area (TPSA) is 64.7 Å². The molecule has 3 aromatic rings. The van der Waals surface area contributed by atoms with Gasteiger partial charge in [0.25, 0.3) is 5.22 Å². The van der Waals surface area contributed by atoms with Crippen LogP contribution in [0.1, 0.15) is 41.5 Å². The molecule has 0 N–H and O–H groups in total. The molecule has 1 fully saturated rings. The minimum absolute atomic E-state index is 0.489. The average molecular weight is 316 g/mol. The number of hydrogen-bond donors (Lipinski definition) is 0. The Morgan fingerprint density at radius 3 is 3.05 bits per heavy atom. The molecular formula is C14H12N4OS2. The van der Waals surface area contributed by atoms with Gasteiger partial charge in [0.2, 0.25) is 5.89 Å². The van der Waals surface area contributed by atoms with Gasteiger partial charge >= 0.3 is 0 Å². The van der Waals surface area contributed by atoms with Crippen molar-refractivity contribution < 1.29 is 4.42 Å². The van der Waals surface area contributed by atoms with Crippen molar-refractivity contribution in [2.45, 2.75) is 48.3 Å². The number of fused-ring (bicyclic) bond motifs is 3. The van der Waals surface area contributed by atoms with Gasteiger partial charge in [0.1, 0.15) is 16.2 Å². The molecule has 7 heteroatoms. The lowest BCUT2D eigenvalue weighted by molar-refractivity contribution is 0.414. The first-order chi connectivity index (χ1) is 10.4. The Labute approximate surface area is 129 Å². The maximum Gasteiger partial charge on any atom is 0.282 e. The first-order valence-electron chi connectivity index (χ1n) is 7.15. The summed E-state index contributed by atoms with van der Waals surface area (Å²) < 4.78 is 5.74. The van der Waals surface area contributed by atoms with Crippen LogP contribution < -0.4 is 0 Å². The summed E-state index contributed by atoms with van der Waals surface area (Å²) in [6, 6.07) is 0. The molecule has 3 aromatic heterocycles. The van der Waals surface area contributed by atoms with Gasteiger partial charge in [0.15, 0.2) is 0 Å². The molecule has 0 aliphatic heterocycles. The minimum atomic E-state index is 0.489. The maximum absolute atomic E-state index is 5.74. The fraction of sp³-hybridized carbons (Fsp3) is 0.429. The van der Waals surface area contributed by atoms with Gasteiger partial charge in [-0.3, -0.25) is 0 Å². The van der Waals surface area contributed by atoms with Crippen LogP contribution in [0.5, 0.6) is 0 Å². The van der Waals surface area contributed by atoms with E-state index in [4.69, 9.17) is 4.42 Å². The van der Waals surface area contributed by atoms with Gasteiger partial charge in [-0.2, -0.15) is 0 Å². The lowest BCUT2D eigenvalue weighted by atomic mass is 10.2. The lowest BCUT2D eigenvalue weighted by Gasteiger charge is -2.00. The summed E-state index contributed by atoms with van der Waals surface area (Å²) >= 11 is 3.27. The standard InChI is InChI=1S/C14H12N4OS2/c1-2-8-9(3-1)20-12-10(8)13(16-6-15-12)21-14-18-17-11(19-14)7-4-5-7/h6-7H,1-5H2. The number of aryl methyl sites for hydroxylation is 2. The van der Waals surface area contributed by atoms with Gasteiger partial charge in [-0.1, -0.05) is 0 Å². The Morgan fingerprint density at radius 2 is 2.14 bits per heavy atom. The summed E-state index contributed by atoms with van der Waals surface area (Å²) in [6.45, 7) is 0. The fourth-order valence-corrected chi connectivity index (χ4v) is 4.91. The van der Waals surface area contributed by atoms with Crippen LogP contribution in [0, 0.1) is 0 Å². The van der Waals surface area contributed by atoms with E-state index >= 15 is 0 Å². The van der Waals surface area contributed by atoms with E-state index in [1.54, 1.807) is 17.7 Å². The molecule has 0 spiro atoms. The molecule has 106 valence electrons. The summed E-state index contributed by atoms with van der Waals surface area (Å²) in [5, 5.41) is 11.0. The minimum Gasteiger partial charge on any atom is -0.415 e. The molecule has 3 heterocycles. The molecule has 0 amide bonds. The summed E-state index contributed by atoms with van der Waals surface area (Å²) in [5.41, 5.74) is 1.43. The van der Waals surface area contributed by atoms with Crippen LogP contribution in [0.4, 0.5) is 0 Å². The van der Waals surface area contributed by atoms with Crippen molar-refractivity contribution in [2.75, 3.05) is 0 Å². The van der Waals surface area contributed by atoms with E-state index in [1.807, 2.05) is 0 Å². The predicted molar refractivity (Wildman–Crippen MR) is 79.8 cm³/mol. The fourth-order valence-electron chi connectivity index (χ4n) is 2.82. The molecular weight excluding hydrogens is 304 g/mol. The summed E-state index contributed by atoms with van der Waals surface area (Å²) in [5.74, 6) is 1.26. The maximum atomic E-state index is 5.74. The third kappa shape index (κ3) is 1.98. The second kappa shape index (κ2) is 4.51. The Bertz CT molecular complexity index is 837. The highest BCUT2D eigenvalue weighted by molar-refractivity contribution is 7.99. The van der Waals surface area contributed by atoms with Crippen molar-refractivity contribution in [1.82, 2.24) is 20.2 Å². The highest BCUT2D eigenvalue weighted by Gasteiger charge is 2.30. The first kappa shape index (κ1) is 12.1. The van der Waals surface area contributed by atoms with Crippen molar-refractivity contribution in [3.8, 4) is 0 Å². The second-order valence-electron chi connectivity index (χ2n) is 5.50. The Kier molecular flexibility index (Phi) is 2.60. The van der Waals surface area contributed by atoms with E-state index < -0.39 is 0 Å². The van der Waals surface area contributed by atoms with Crippen LogP contribution in [0.15, 0.2) is 21.0 Å². The third-order valence-corrected chi connectivity index (χ3v) is 6.04. The van der Waals surface area contributed by atoms with E-state index in [9.17, 15) is 0 Å². The molecule has 0 bridgehead atoms. The smallest absolute Gasteiger partial charge is 0.282 e. The van der Waals surface area contributed by atoms with Gasteiger partial charge in [0.05, 0.1) is 0 Å². The monoisotopic (exact) mass is 316 g/mol. The van der Waals surface area contributed by atoms with Gasteiger partial charge < -0.3 is 4.42 Å². The largest absolute Gasteiger partial charge is 0.415 e. The zero-order chi connectivity index (χ0) is 13.8. The van der Waals surface area contributed by atoms with Crippen LogP contribution in [0.3, 0.4) is 0 Å². The van der Waals surface area contributed by atoms with Crippen molar-refractivity contribution in [1.29, 1.82) is 0 Å². The zero-order valence-electron chi connectivity index (χ0n) is 11.2. The Balaban J connectivity index is 1.56. The number of thiophene rings is 1. The van der Waals surface area contributed by atoms with Crippen molar-refractivity contribution in [2.24, 2.45) is 0 Å². The molecule has 0 aromatic carbocycles. The van der Waals surface area contributed by atoms with Crippen LogP contribution in [0.25, 0.3) is 10.2 Å². The van der Waals surface area contributed by atoms with E-state index in [-0.39, 0.29) is 0 Å². The van der Waals surface area contributed by atoms with Crippen molar-refractivity contribution in [3.05, 3.63) is 22.7 Å². The third-order valence-electron chi connectivity index (χ3n) is 4.00. The van der Waals surface area contributed by atoms with Gasteiger partial charge in [0, 0.05) is 16.2 Å². The van der Waals surface area contributed by atoms with E-state index in [0.717, 1.165) is 22.2 Å². The highest BCUT2D eigenvalue weighted by Crippen LogP contribution is 2.43. The zero-order valence-corrected chi connectivity index (χ0v) is 12.8.